The molecule has 1 aliphatic rings. The molecule has 7 heteroatoms. The van der Waals surface area contributed by atoms with Crippen LogP contribution in [-0.4, -0.2) is 45.0 Å². The van der Waals surface area contributed by atoms with E-state index in [1.54, 1.807) is 0 Å². The van der Waals surface area contributed by atoms with Crippen molar-refractivity contribution in [2.75, 3.05) is 25.9 Å². The zero-order chi connectivity index (χ0) is 16.1. The van der Waals surface area contributed by atoms with Gasteiger partial charge in [0.2, 0.25) is 5.91 Å². The molecule has 1 saturated heterocycles. The van der Waals surface area contributed by atoms with E-state index in [1.807, 2.05) is 0 Å². The number of hydrogen-bond acceptors (Lipinski definition) is 4. The van der Waals surface area contributed by atoms with Gasteiger partial charge in [0.25, 0.3) is 0 Å². The van der Waals surface area contributed by atoms with Crippen LogP contribution in [0.4, 0.5) is 0 Å². The predicted molar refractivity (Wildman–Crippen MR) is 93.2 cm³/mol. The molecule has 0 spiro atoms. The number of carbonyl (C=O) groups is 1. The standard InChI is InChI=1S/C15H30N2O3S.ClH/c1-5-14(6-2,7-3)12-17-13(18)15(21(4,19)20)8-10-16-11-9-15;/h16H,5-12H2,1-4H3,(H,17,18);1H. The zero-order valence-corrected chi connectivity index (χ0v) is 15.8. The van der Waals surface area contributed by atoms with Crippen LogP contribution in [0.15, 0.2) is 0 Å². The minimum atomic E-state index is -3.43. The second-order valence-electron chi connectivity index (χ2n) is 6.26. The largest absolute Gasteiger partial charge is 0.354 e. The van der Waals surface area contributed by atoms with Gasteiger partial charge < -0.3 is 10.6 Å². The van der Waals surface area contributed by atoms with Gasteiger partial charge in [-0.1, -0.05) is 20.8 Å². The summed E-state index contributed by atoms with van der Waals surface area (Å²) in [5.74, 6) is -0.314. The van der Waals surface area contributed by atoms with Gasteiger partial charge in [-0.25, -0.2) is 8.42 Å². The molecule has 0 atom stereocenters. The lowest BCUT2D eigenvalue weighted by atomic mass is 9.79. The average Bonchev–Trinajstić information content (AvgIpc) is 2.48. The Kier molecular flexibility index (Phi) is 8.37. The Morgan fingerprint density at radius 2 is 1.59 bits per heavy atom. The molecule has 0 unspecified atom stereocenters. The maximum atomic E-state index is 12.6. The van der Waals surface area contributed by atoms with Gasteiger partial charge in [0.05, 0.1) is 0 Å². The van der Waals surface area contributed by atoms with Crippen molar-refractivity contribution < 1.29 is 13.2 Å². The first-order valence-corrected chi connectivity index (χ1v) is 9.84. The first-order valence-electron chi connectivity index (χ1n) is 7.95. The van der Waals surface area contributed by atoms with Crippen molar-refractivity contribution >= 4 is 28.2 Å². The molecule has 0 aromatic heterocycles. The Morgan fingerprint density at radius 3 is 1.95 bits per heavy atom. The van der Waals surface area contributed by atoms with Crippen LogP contribution in [0, 0.1) is 5.41 Å². The van der Waals surface area contributed by atoms with Gasteiger partial charge in [0.15, 0.2) is 14.6 Å². The lowest BCUT2D eigenvalue weighted by Gasteiger charge is -2.37. The predicted octanol–water partition coefficient (Wildman–Crippen LogP) is 1.91. The number of piperidine rings is 1. The second-order valence-corrected chi connectivity index (χ2v) is 8.59. The quantitative estimate of drug-likeness (QED) is 0.732. The van der Waals surface area contributed by atoms with Crippen molar-refractivity contribution in [3.63, 3.8) is 0 Å². The molecule has 0 aromatic carbocycles. The van der Waals surface area contributed by atoms with Crippen LogP contribution in [0.3, 0.4) is 0 Å². The van der Waals surface area contributed by atoms with E-state index < -0.39 is 14.6 Å². The summed E-state index contributed by atoms with van der Waals surface area (Å²) >= 11 is 0. The van der Waals surface area contributed by atoms with E-state index in [4.69, 9.17) is 0 Å². The van der Waals surface area contributed by atoms with Gasteiger partial charge in [0, 0.05) is 12.8 Å². The van der Waals surface area contributed by atoms with Gasteiger partial charge in [-0.3, -0.25) is 4.79 Å². The number of hydrogen-bond donors (Lipinski definition) is 2. The Hall–Kier alpha value is -0.330. The summed E-state index contributed by atoms with van der Waals surface area (Å²) in [6, 6.07) is 0. The van der Waals surface area contributed by atoms with Gasteiger partial charge in [0.1, 0.15) is 0 Å². The molecule has 1 fully saturated rings. The fourth-order valence-corrected chi connectivity index (χ4v) is 4.51. The first kappa shape index (κ1) is 21.7. The van der Waals surface area contributed by atoms with Crippen LogP contribution in [-0.2, 0) is 14.6 Å². The Bertz CT molecular complexity index is 447. The highest BCUT2D eigenvalue weighted by Crippen LogP contribution is 2.31. The molecule has 1 rings (SSSR count). The highest BCUT2D eigenvalue weighted by Gasteiger charge is 2.48. The van der Waals surface area contributed by atoms with E-state index >= 15 is 0 Å². The van der Waals surface area contributed by atoms with Crippen molar-refractivity contribution in [3.05, 3.63) is 0 Å². The molecule has 0 radical (unpaired) electrons. The third kappa shape index (κ3) is 4.36. The van der Waals surface area contributed by atoms with Gasteiger partial charge in [-0.05, 0) is 50.6 Å². The maximum Gasteiger partial charge on any atom is 0.241 e. The van der Waals surface area contributed by atoms with Crippen LogP contribution in [0.1, 0.15) is 52.9 Å². The fourth-order valence-electron chi connectivity index (χ4n) is 3.15. The maximum absolute atomic E-state index is 12.6. The van der Waals surface area contributed by atoms with Crippen LogP contribution < -0.4 is 10.6 Å². The summed E-state index contributed by atoms with van der Waals surface area (Å²) in [6.45, 7) is 8.06. The van der Waals surface area contributed by atoms with Gasteiger partial charge in [-0.15, -0.1) is 12.4 Å². The van der Waals surface area contributed by atoms with E-state index in [-0.39, 0.29) is 23.7 Å². The van der Waals surface area contributed by atoms with E-state index in [0.717, 1.165) is 19.3 Å². The molecule has 22 heavy (non-hydrogen) atoms. The molecular weight excluding hydrogens is 324 g/mol. The SMILES string of the molecule is CCC(CC)(CC)CNC(=O)C1(S(C)(=O)=O)CCNCC1.Cl. The van der Waals surface area contributed by atoms with Crippen LogP contribution in [0.2, 0.25) is 0 Å². The minimum absolute atomic E-state index is 0. The third-order valence-electron chi connectivity index (χ3n) is 5.41. The summed E-state index contributed by atoms with van der Waals surface area (Å²) in [5, 5.41) is 6.08. The topological polar surface area (TPSA) is 75.3 Å². The highest BCUT2D eigenvalue weighted by molar-refractivity contribution is 7.92. The van der Waals surface area contributed by atoms with Crippen LogP contribution in [0.25, 0.3) is 0 Å². The summed E-state index contributed by atoms with van der Waals surface area (Å²) in [6.07, 6.45) is 4.84. The molecule has 132 valence electrons. The number of rotatable bonds is 7. The highest BCUT2D eigenvalue weighted by atomic mass is 35.5. The minimum Gasteiger partial charge on any atom is -0.354 e. The van der Waals surface area contributed by atoms with Gasteiger partial charge >= 0.3 is 0 Å². The van der Waals surface area contributed by atoms with Crippen molar-refractivity contribution in [3.8, 4) is 0 Å². The van der Waals surface area contributed by atoms with Crippen molar-refractivity contribution in [2.45, 2.75) is 57.6 Å². The number of carbonyl (C=O) groups excluding carboxylic acids is 1. The van der Waals surface area contributed by atoms with Gasteiger partial charge in [-0.2, -0.15) is 0 Å². The normalized spacial score (nSPS) is 18.4. The van der Waals surface area contributed by atoms with Crippen molar-refractivity contribution in [1.82, 2.24) is 10.6 Å². The number of amides is 1. The van der Waals surface area contributed by atoms with E-state index in [0.29, 0.717) is 32.5 Å². The molecule has 5 nitrogen and oxygen atoms in total. The van der Waals surface area contributed by atoms with Crippen molar-refractivity contribution in [2.24, 2.45) is 5.41 Å². The summed E-state index contributed by atoms with van der Waals surface area (Å²) in [7, 11) is -3.43. The lowest BCUT2D eigenvalue weighted by molar-refractivity contribution is -0.124. The number of sulfone groups is 1. The molecule has 0 saturated carbocycles. The zero-order valence-electron chi connectivity index (χ0n) is 14.2. The van der Waals surface area contributed by atoms with E-state index in [1.165, 1.54) is 6.26 Å². The number of halogens is 1. The van der Waals surface area contributed by atoms with Crippen molar-refractivity contribution in [1.29, 1.82) is 0 Å². The Labute approximate surface area is 141 Å². The summed E-state index contributed by atoms with van der Waals surface area (Å²) < 4.78 is 23.1. The Morgan fingerprint density at radius 1 is 1.14 bits per heavy atom. The second kappa shape index (κ2) is 8.50. The molecule has 1 heterocycles. The third-order valence-corrected chi connectivity index (χ3v) is 7.42. The first-order chi connectivity index (χ1) is 9.77. The molecule has 1 amide bonds. The molecule has 0 aromatic rings. The van der Waals surface area contributed by atoms with E-state index in [2.05, 4.69) is 31.4 Å². The summed E-state index contributed by atoms with van der Waals surface area (Å²) in [5.41, 5.74) is 0.0707. The average molecular weight is 355 g/mol. The van der Waals surface area contributed by atoms with Crippen LogP contribution in [0.5, 0.6) is 0 Å². The molecular formula is C15H31ClN2O3S. The summed E-state index contributed by atoms with van der Waals surface area (Å²) in [4.78, 5) is 12.6. The Balaban J connectivity index is 0.00000441. The van der Waals surface area contributed by atoms with Crippen LogP contribution >= 0.6 is 12.4 Å². The van der Waals surface area contributed by atoms with E-state index in [9.17, 15) is 13.2 Å². The number of nitrogens with one attached hydrogen (secondary N) is 2. The lowest BCUT2D eigenvalue weighted by Crippen LogP contribution is -2.58. The smallest absolute Gasteiger partial charge is 0.241 e. The molecule has 1 aliphatic heterocycles. The molecule has 0 bridgehead atoms. The molecule has 2 N–H and O–H groups in total. The molecule has 0 aliphatic carbocycles. The monoisotopic (exact) mass is 354 g/mol. The fraction of sp³-hybridized carbons (Fsp3) is 0.933.